The highest BCUT2D eigenvalue weighted by atomic mass is 14.9. The van der Waals surface area contributed by atoms with E-state index in [0.29, 0.717) is 5.82 Å². The zero-order valence-corrected chi connectivity index (χ0v) is 34.5. The van der Waals surface area contributed by atoms with Gasteiger partial charge in [-0.05, 0) is 83.2 Å². The second-order valence-electron chi connectivity index (χ2n) is 16.4. The Morgan fingerprint density at radius 3 is 1.49 bits per heavy atom. The standard InChI is InChI=1S/C61H40N2/c1-5-18-41(19-6-1)42-32-34-45(35-33-42)60-62-56(44-21-7-2-8-22-44)40-57(63-60)52-38-37-51(49-28-15-16-29-50(49)52)53-30-17-31-54-58-48-27-14-13-20-43(48)36-39-55(58)61(59(53)54,46-23-9-3-10-24-46)47-25-11-4-12-26-47/h1-40H. The van der Waals surface area contributed by atoms with Gasteiger partial charge in [0.2, 0.25) is 0 Å². The number of benzene rings is 10. The largest absolute Gasteiger partial charge is 0.228 e. The van der Waals surface area contributed by atoms with Gasteiger partial charge < -0.3 is 0 Å². The fraction of sp³-hybridized carbons (Fsp3) is 0.0164. The maximum Gasteiger partial charge on any atom is 0.160 e. The highest BCUT2D eigenvalue weighted by molar-refractivity contribution is 6.10. The van der Waals surface area contributed by atoms with Crippen LogP contribution in [0.15, 0.2) is 243 Å². The Morgan fingerprint density at radius 1 is 0.302 bits per heavy atom. The fourth-order valence-corrected chi connectivity index (χ4v) is 10.2. The quantitative estimate of drug-likeness (QED) is 0.160. The van der Waals surface area contributed by atoms with Crippen molar-refractivity contribution in [1.29, 1.82) is 0 Å². The average molecular weight is 801 g/mol. The van der Waals surface area contributed by atoms with Crippen LogP contribution in [0.2, 0.25) is 0 Å². The van der Waals surface area contributed by atoms with Crippen molar-refractivity contribution < 1.29 is 0 Å². The summed E-state index contributed by atoms with van der Waals surface area (Å²) in [7, 11) is 0. The molecule has 294 valence electrons. The average Bonchev–Trinajstić information content (AvgIpc) is 3.69. The lowest BCUT2D eigenvalue weighted by Crippen LogP contribution is -2.29. The summed E-state index contributed by atoms with van der Waals surface area (Å²) in [5, 5.41) is 4.82. The van der Waals surface area contributed by atoms with Crippen LogP contribution >= 0.6 is 0 Å². The third-order valence-electron chi connectivity index (χ3n) is 13.0. The summed E-state index contributed by atoms with van der Waals surface area (Å²) in [5.74, 6) is 0.695. The molecule has 1 aliphatic rings. The summed E-state index contributed by atoms with van der Waals surface area (Å²) in [4.78, 5) is 10.5. The van der Waals surface area contributed by atoms with Gasteiger partial charge in [-0.2, -0.15) is 0 Å². The van der Waals surface area contributed by atoms with Crippen LogP contribution in [0.4, 0.5) is 0 Å². The predicted octanol–water partition coefficient (Wildman–Crippen LogP) is 15.5. The molecule has 1 heterocycles. The molecular formula is C61H40N2. The fourth-order valence-electron chi connectivity index (χ4n) is 10.2. The van der Waals surface area contributed by atoms with E-state index < -0.39 is 5.41 Å². The van der Waals surface area contributed by atoms with Gasteiger partial charge in [-0.1, -0.05) is 237 Å². The minimum atomic E-state index is -0.574. The van der Waals surface area contributed by atoms with Crippen molar-refractivity contribution in [3.05, 3.63) is 265 Å². The van der Waals surface area contributed by atoms with Crippen LogP contribution < -0.4 is 0 Å². The zero-order chi connectivity index (χ0) is 41.7. The normalized spacial score (nSPS) is 12.6. The van der Waals surface area contributed by atoms with E-state index in [2.05, 4.69) is 231 Å². The van der Waals surface area contributed by atoms with E-state index in [0.717, 1.165) is 39.0 Å². The molecule has 11 aromatic rings. The molecule has 12 rings (SSSR count). The Morgan fingerprint density at radius 2 is 0.810 bits per heavy atom. The van der Waals surface area contributed by atoms with Crippen LogP contribution in [0.1, 0.15) is 22.3 Å². The van der Waals surface area contributed by atoms with E-state index in [1.807, 2.05) is 12.1 Å². The number of hydrogen-bond acceptors (Lipinski definition) is 2. The Hall–Kier alpha value is -8.20. The van der Waals surface area contributed by atoms with Gasteiger partial charge >= 0.3 is 0 Å². The van der Waals surface area contributed by atoms with E-state index in [-0.39, 0.29) is 0 Å². The summed E-state index contributed by atoms with van der Waals surface area (Å²) in [6.45, 7) is 0. The van der Waals surface area contributed by atoms with E-state index in [1.54, 1.807) is 0 Å². The lowest BCUT2D eigenvalue weighted by atomic mass is 9.66. The lowest BCUT2D eigenvalue weighted by molar-refractivity contribution is 0.771. The molecule has 0 radical (unpaired) electrons. The van der Waals surface area contributed by atoms with E-state index >= 15 is 0 Å². The van der Waals surface area contributed by atoms with Gasteiger partial charge in [-0.3, -0.25) is 0 Å². The van der Waals surface area contributed by atoms with Gasteiger partial charge in [-0.25, -0.2) is 9.97 Å². The van der Waals surface area contributed by atoms with Gasteiger partial charge in [0.25, 0.3) is 0 Å². The summed E-state index contributed by atoms with van der Waals surface area (Å²) in [6.07, 6.45) is 0. The second kappa shape index (κ2) is 15.1. The van der Waals surface area contributed by atoms with Crippen molar-refractivity contribution in [2.75, 3.05) is 0 Å². The molecule has 0 bridgehead atoms. The van der Waals surface area contributed by atoms with Crippen LogP contribution in [0, 0.1) is 0 Å². The van der Waals surface area contributed by atoms with Crippen molar-refractivity contribution in [3.8, 4) is 67.3 Å². The zero-order valence-electron chi connectivity index (χ0n) is 34.5. The van der Waals surface area contributed by atoms with Crippen LogP contribution in [0.25, 0.3) is 88.8 Å². The summed E-state index contributed by atoms with van der Waals surface area (Å²) in [6, 6.07) is 87.8. The molecule has 0 aliphatic heterocycles. The second-order valence-corrected chi connectivity index (χ2v) is 16.4. The summed E-state index contributed by atoms with van der Waals surface area (Å²) < 4.78 is 0. The summed E-state index contributed by atoms with van der Waals surface area (Å²) in [5.41, 5.74) is 16.7. The third kappa shape index (κ3) is 5.95. The molecule has 0 saturated heterocycles. The van der Waals surface area contributed by atoms with Gasteiger partial charge in [-0.15, -0.1) is 0 Å². The molecule has 2 heteroatoms. The molecule has 0 spiro atoms. The highest BCUT2D eigenvalue weighted by Gasteiger charge is 2.48. The maximum absolute atomic E-state index is 5.36. The van der Waals surface area contributed by atoms with Crippen molar-refractivity contribution in [3.63, 3.8) is 0 Å². The predicted molar refractivity (Wildman–Crippen MR) is 262 cm³/mol. The van der Waals surface area contributed by atoms with Gasteiger partial charge in [0.1, 0.15) is 0 Å². The van der Waals surface area contributed by atoms with E-state index in [9.17, 15) is 0 Å². The monoisotopic (exact) mass is 800 g/mol. The lowest BCUT2D eigenvalue weighted by Gasteiger charge is -2.35. The van der Waals surface area contributed by atoms with Crippen LogP contribution in [0.3, 0.4) is 0 Å². The minimum Gasteiger partial charge on any atom is -0.228 e. The highest BCUT2D eigenvalue weighted by Crippen LogP contribution is 2.60. The molecule has 1 aliphatic carbocycles. The van der Waals surface area contributed by atoms with Crippen molar-refractivity contribution in [1.82, 2.24) is 9.97 Å². The smallest absolute Gasteiger partial charge is 0.160 e. The maximum atomic E-state index is 5.36. The molecule has 0 saturated carbocycles. The number of fused-ring (bicyclic) bond motifs is 6. The van der Waals surface area contributed by atoms with Crippen LogP contribution in [-0.4, -0.2) is 9.97 Å². The molecule has 0 amide bonds. The number of aromatic nitrogens is 2. The van der Waals surface area contributed by atoms with Gasteiger partial charge in [0, 0.05) is 16.7 Å². The molecule has 0 N–H and O–H groups in total. The molecule has 0 unspecified atom stereocenters. The molecular weight excluding hydrogens is 761 g/mol. The minimum absolute atomic E-state index is 0.574. The van der Waals surface area contributed by atoms with Gasteiger partial charge in [0.05, 0.1) is 16.8 Å². The third-order valence-corrected chi connectivity index (χ3v) is 13.0. The number of hydrogen-bond donors (Lipinski definition) is 0. The molecule has 2 nitrogen and oxygen atoms in total. The molecule has 10 aromatic carbocycles. The SMILES string of the molecule is c1ccc(-c2ccc(-c3nc(-c4ccccc4)cc(-c4ccc(-c5cccc6c5C(c5ccccc5)(c5ccccc5)c5ccc7ccccc7c5-6)c5ccccc45)n3)cc2)cc1. The molecule has 1 aromatic heterocycles. The first-order chi connectivity index (χ1) is 31.3. The number of rotatable bonds is 7. The van der Waals surface area contributed by atoms with Gasteiger partial charge in [0.15, 0.2) is 5.82 Å². The first kappa shape index (κ1) is 36.6. The van der Waals surface area contributed by atoms with E-state index in [4.69, 9.17) is 9.97 Å². The first-order valence-corrected chi connectivity index (χ1v) is 21.7. The molecule has 0 fully saturated rings. The van der Waals surface area contributed by atoms with Crippen molar-refractivity contribution in [2.24, 2.45) is 0 Å². The topological polar surface area (TPSA) is 25.8 Å². The first-order valence-electron chi connectivity index (χ1n) is 21.7. The van der Waals surface area contributed by atoms with Crippen molar-refractivity contribution >= 4 is 21.5 Å². The Kier molecular flexibility index (Phi) is 8.76. The van der Waals surface area contributed by atoms with E-state index in [1.165, 1.54) is 66.2 Å². The Bertz CT molecular complexity index is 3430. The Balaban J connectivity index is 1.09. The van der Waals surface area contributed by atoms with Crippen LogP contribution in [-0.2, 0) is 5.41 Å². The Labute approximate surface area is 367 Å². The van der Waals surface area contributed by atoms with Crippen LogP contribution in [0.5, 0.6) is 0 Å². The molecule has 0 atom stereocenters. The summed E-state index contributed by atoms with van der Waals surface area (Å²) >= 11 is 0. The number of nitrogens with zero attached hydrogens (tertiary/aromatic N) is 2. The van der Waals surface area contributed by atoms with Crippen molar-refractivity contribution in [2.45, 2.75) is 5.41 Å². The molecule has 63 heavy (non-hydrogen) atoms.